The number of rotatable bonds is 6. The van der Waals surface area contributed by atoms with E-state index in [2.05, 4.69) is 0 Å². The molecule has 0 saturated carbocycles. The van der Waals surface area contributed by atoms with Crippen molar-refractivity contribution in [2.45, 2.75) is 11.0 Å². The third-order valence-electron chi connectivity index (χ3n) is 1.80. The molecule has 1 rings (SSSR count). The lowest BCUT2D eigenvalue weighted by Crippen LogP contribution is -2.16. The molecule has 0 radical (unpaired) electrons. The van der Waals surface area contributed by atoms with Gasteiger partial charge < -0.3 is 9.84 Å². The highest BCUT2D eigenvalue weighted by Crippen LogP contribution is 2.19. The zero-order chi connectivity index (χ0) is 11.1. The molecule has 0 bridgehead atoms. The van der Waals surface area contributed by atoms with Crippen molar-refractivity contribution in [3.05, 3.63) is 29.8 Å². The van der Waals surface area contributed by atoms with Crippen LogP contribution < -0.4 is 0 Å². The number of aliphatic hydroxyl groups is 1. The van der Waals surface area contributed by atoms with Crippen molar-refractivity contribution < 1.29 is 14.6 Å². The molecule has 0 heterocycles. The summed E-state index contributed by atoms with van der Waals surface area (Å²) in [6, 6.07) is 7.30. The molecule has 0 saturated heterocycles. The van der Waals surface area contributed by atoms with E-state index in [-0.39, 0.29) is 0 Å². The highest BCUT2D eigenvalue weighted by Gasteiger charge is 2.04. The summed E-state index contributed by atoms with van der Waals surface area (Å²) in [6.45, 7) is 0.334. The van der Waals surface area contributed by atoms with Crippen LogP contribution in [0.4, 0.5) is 0 Å². The van der Waals surface area contributed by atoms with E-state index >= 15 is 0 Å². The molecule has 15 heavy (non-hydrogen) atoms. The van der Waals surface area contributed by atoms with Crippen molar-refractivity contribution in [2.24, 2.45) is 0 Å². The number of thioether (sulfide) groups is 1. The molecule has 0 spiro atoms. The van der Waals surface area contributed by atoms with Gasteiger partial charge in [-0.25, -0.2) is 0 Å². The second-order valence-electron chi connectivity index (χ2n) is 3.11. The lowest BCUT2D eigenvalue weighted by Gasteiger charge is -2.08. The Kier molecular flexibility index (Phi) is 5.39. The Morgan fingerprint density at radius 3 is 3.07 bits per heavy atom. The fraction of sp³-hybridized carbons (Fsp3) is 0.364. The van der Waals surface area contributed by atoms with Gasteiger partial charge in [0.2, 0.25) is 0 Å². The zero-order valence-corrected chi connectivity index (χ0v) is 9.37. The predicted molar refractivity (Wildman–Crippen MR) is 60.4 cm³/mol. The maximum absolute atomic E-state index is 10.5. The first-order valence-electron chi connectivity index (χ1n) is 4.61. The Morgan fingerprint density at radius 1 is 1.60 bits per heavy atom. The van der Waals surface area contributed by atoms with Gasteiger partial charge in [-0.1, -0.05) is 12.1 Å². The highest BCUT2D eigenvalue weighted by atomic mass is 32.2. The summed E-state index contributed by atoms with van der Waals surface area (Å²) in [5.41, 5.74) is 0.654. The van der Waals surface area contributed by atoms with Crippen molar-refractivity contribution >= 4 is 18.0 Å². The minimum atomic E-state index is -0.472. The van der Waals surface area contributed by atoms with Gasteiger partial charge in [-0.2, -0.15) is 0 Å². The largest absolute Gasteiger partial charge is 0.390 e. The van der Waals surface area contributed by atoms with Gasteiger partial charge in [0, 0.05) is 23.3 Å². The van der Waals surface area contributed by atoms with E-state index in [1.165, 1.54) is 11.8 Å². The Balaban J connectivity index is 2.46. The summed E-state index contributed by atoms with van der Waals surface area (Å²) in [5.74, 6) is 0.566. The van der Waals surface area contributed by atoms with Crippen molar-refractivity contribution in [1.29, 1.82) is 0 Å². The van der Waals surface area contributed by atoms with Gasteiger partial charge in [0.25, 0.3) is 0 Å². The number of hydrogen-bond donors (Lipinski definition) is 1. The third-order valence-corrected chi connectivity index (χ3v) is 2.93. The number of aliphatic hydroxyl groups excluding tert-OH is 1. The lowest BCUT2D eigenvalue weighted by molar-refractivity contribution is 0.0794. The highest BCUT2D eigenvalue weighted by molar-refractivity contribution is 7.99. The first-order valence-corrected chi connectivity index (χ1v) is 5.60. The second kappa shape index (κ2) is 6.61. The van der Waals surface area contributed by atoms with Gasteiger partial charge in [-0.15, -0.1) is 11.8 Å². The summed E-state index contributed by atoms with van der Waals surface area (Å²) < 4.78 is 4.82. The van der Waals surface area contributed by atoms with Crippen LogP contribution in [0.15, 0.2) is 29.2 Å². The molecule has 0 aliphatic heterocycles. The summed E-state index contributed by atoms with van der Waals surface area (Å²) in [6.07, 6.45) is 0.343. The number of carbonyl (C=O) groups is 1. The van der Waals surface area contributed by atoms with Gasteiger partial charge in [-0.05, 0) is 12.1 Å². The zero-order valence-electron chi connectivity index (χ0n) is 8.55. The van der Waals surface area contributed by atoms with E-state index in [4.69, 9.17) is 4.74 Å². The molecule has 1 N–H and O–H groups in total. The first-order chi connectivity index (χ1) is 7.26. The normalized spacial score (nSPS) is 12.4. The standard InChI is InChI=1S/C11H14O3S/c1-14-7-10(13)8-15-11-4-2-3-9(5-11)6-12/h2-6,10,13H,7-8H2,1H3. The van der Waals surface area contributed by atoms with E-state index in [0.29, 0.717) is 17.9 Å². The second-order valence-corrected chi connectivity index (χ2v) is 4.20. The topological polar surface area (TPSA) is 46.5 Å². The molecule has 4 heteroatoms. The maximum Gasteiger partial charge on any atom is 0.150 e. The van der Waals surface area contributed by atoms with E-state index in [1.54, 1.807) is 19.2 Å². The average molecular weight is 226 g/mol. The fourth-order valence-corrected chi connectivity index (χ4v) is 1.99. The summed E-state index contributed by atoms with van der Waals surface area (Å²) >= 11 is 1.51. The molecular weight excluding hydrogens is 212 g/mol. The van der Waals surface area contributed by atoms with Crippen LogP contribution in [-0.4, -0.2) is 37.0 Å². The van der Waals surface area contributed by atoms with Gasteiger partial charge in [-0.3, -0.25) is 4.79 Å². The van der Waals surface area contributed by atoms with Crippen molar-refractivity contribution in [1.82, 2.24) is 0 Å². The smallest absolute Gasteiger partial charge is 0.150 e. The van der Waals surface area contributed by atoms with Crippen LogP contribution in [0, 0.1) is 0 Å². The van der Waals surface area contributed by atoms with Crippen LogP contribution in [0.5, 0.6) is 0 Å². The third kappa shape index (κ3) is 4.46. The molecule has 0 aliphatic carbocycles. The molecule has 0 amide bonds. The molecule has 1 aromatic rings. The Morgan fingerprint density at radius 2 is 2.40 bits per heavy atom. The number of benzene rings is 1. The minimum absolute atomic E-state index is 0.334. The summed E-state index contributed by atoms with van der Waals surface area (Å²) in [7, 11) is 1.56. The van der Waals surface area contributed by atoms with Crippen LogP contribution in [-0.2, 0) is 4.74 Å². The molecule has 1 unspecified atom stereocenters. The summed E-state index contributed by atoms with van der Waals surface area (Å²) in [5, 5.41) is 9.42. The number of aldehydes is 1. The number of ether oxygens (including phenoxy) is 1. The van der Waals surface area contributed by atoms with Crippen LogP contribution in [0.25, 0.3) is 0 Å². The Bertz CT molecular complexity index is 314. The first kappa shape index (κ1) is 12.2. The van der Waals surface area contributed by atoms with Crippen LogP contribution >= 0.6 is 11.8 Å². The van der Waals surface area contributed by atoms with Crippen LogP contribution in [0.2, 0.25) is 0 Å². The Hall–Kier alpha value is -0.840. The monoisotopic (exact) mass is 226 g/mol. The van der Waals surface area contributed by atoms with E-state index in [1.807, 2.05) is 12.1 Å². The molecule has 0 aromatic heterocycles. The van der Waals surface area contributed by atoms with Crippen LogP contribution in [0.3, 0.4) is 0 Å². The van der Waals surface area contributed by atoms with Gasteiger partial charge in [0.1, 0.15) is 6.29 Å². The number of methoxy groups -OCH3 is 1. The molecule has 1 atom stereocenters. The molecule has 3 nitrogen and oxygen atoms in total. The summed E-state index contributed by atoms with van der Waals surface area (Å²) in [4.78, 5) is 11.5. The van der Waals surface area contributed by atoms with Crippen molar-refractivity contribution in [3.63, 3.8) is 0 Å². The number of carbonyl (C=O) groups excluding carboxylic acids is 1. The average Bonchev–Trinajstić information content (AvgIpc) is 2.27. The predicted octanol–water partition coefficient (Wildman–Crippen LogP) is 1.60. The molecule has 82 valence electrons. The molecule has 0 fully saturated rings. The SMILES string of the molecule is COCC(O)CSc1cccc(C=O)c1. The van der Waals surface area contributed by atoms with Gasteiger partial charge in [0.05, 0.1) is 12.7 Å². The van der Waals surface area contributed by atoms with Gasteiger partial charge >= 0.3 is 0 Å². The van der Waals surface area contributed by atoms with Crippen LogP contribution in [0.1, 0.15) is 10.4 Å². The van der Waals surface area contributed by atoms with E-state index in [0.717, 1.165) is 11.2 Å². The van der Waals surface area contributed by atoms with Gasteiger partial charge in [0.15, 0.2) is 0 Å². The fourth-order valence-electron chi connectivity index (χ4n) is 1.11. The van der Waals surface area contributed by atoms with Crippen molar-refractivity contribution in [2.75, 3.05) is 19.5 Å². The quantitative estimate of drug-likeness (QED) is 0.591. The minimum Gasteiger partial charge on any atom is -0.390 e. The number of hydrogen-bond acceptors (Lipinski definition) is 4. The van der Waals surface area contributed by atoms with Crippen molar-refractivity contribution in [3.8, 4) is 0 Å². The van der Waals surface area contributed by atoms with E-state index in [9.17, 15) is 9.90 Å². The maximum atomic E-state index is 10.5. The molecule has 1 aromatic carbocycles. The lowest BCUT2D eigenvalue weighted by atomic mass is 10.2. The molecule has 0 aliphatic rings. The molecular formula is C11H14O3S. The van der Waals surface area contributed by atoms with E-state index < -0.39 is 6.10 Å². The Labute approximate surface area is 93.4 Å².